The molecule has 2 heterocycles. The van der Waals surface area contributed by atoms with Crippen LogP contribution in [0.4, 0.5) is 0 Å². The monoisotopic (exact) mass is 314 g/mol. The maximum absolute atomic E-state index is 11.2. The number of carbonyl (C=O) groups excluding carboxylic acids is 1. The normalized spacial score (nSPS) is 18.7. The van der Waals surface area contributed by atoms with Crippen LogP contribution in [0, 0.1) is 0 Å². The molecule has 1 fully saturated rings. The van der Waals surface area contributed by atoms with Crippen molar-refractivity contribution in [2.45, 2.75) is 38.8 Å². The fraction of sp³-hybridized carbons (Fsp3) is 0.471. The standard InChI is InChI=1S/C17H22N4O2/c1-13(22)18-15-8-5-9-21(11-15)12-17-19-16(20-23-17)10-14-6-3-2-4-7-14/h2-4,6-7,15H,5,8-12H2,1H3,(H,18,22). The lowest BCUT2D eigenvalue weighted by atomic mass is 10.1. The van der Waals surface area contributed by atoms with Gasteiger partial charge in [0.1, 0.15) is 0 Å². The van der Waals surface area contributed by atoms with E-state index in [4.69, 9.17) is 4.52 Å². The van der Waals surface area contributed by atoms with Crippen LogP contribution >= 0.6 is 0 Å². The summed E-state index contributed by atoms with van der Waals surface area (Å²) in [7, 11) is 0. The zero-order valence-corrected chi connectivity index (χ0v) is 13.4. The molecule has 1 aliphatic rings. The Morgan fingerprint density at radius 1 is 1.39 bits per heavy atom. The van der Waals surface area contributed by atoms with Crippen molar-refractivity contribution in [2.75, 3.05) is 13.1 Å². The molecular weight excluding hydrogens is 292 g/mol. The Balaban J connectivity index is 1.55. The summed E-state index contributed by atoms with van der Waals surface area (Å²) in [5, 5.41) is 7.05. The van der Waals surface area contributed by atoms with Crippen molar-refractivity contribution in [1.29, 1.82) is 0 Å². The Labute approximate surface area is 135 Å². The van der Waals surface area contributed by atoms with Crippen molar-refractivity contribution < 1.29 is 9.32 Å². The second kappa shape index (κ2) is 7.37. The molecule has 6 heteroatoms. The van der Waals surface area contributed by atoms with E-state index in [-0.39, 0.29) is 11.9 Å². The molecule has 0 bridgehead atoms. The molecule has 1 aromatic heterocycles. The number of hydrogen-bond donors (Lipinski definition) is 1. The van der Waals surface area contributed by atoms with Crippen molar-refractivity contribution in [3.05, 3.63) is 47.6 Å². The van der Waals surface area contributed by atoms with Gasteiger partial charge in [0.25, 0.3) is 0 Å². The first-order chi connectivity index (χ1) is 11.2. The van der Waals surface area contributed by atoms with Crippen molar-refractivity contribution in [1.82, 2.24) is 20.4 Å². The number of nitrogens with zero attached hydrogens (tertiary/aromatic N) is 3. The molecule has 1 atom stereocenters. The van der Waals surface area contributed by atoms with E-state index in [1.165, 1.54) is 5.56 Å². The maximum Gasteiger partial charge on any atom is 0.240 e. The van der Waals surface area contributed by atoms with Gasteiger partial charge in [-0.1, -0.05) is 35.5 Å². The Morgan fingerprint density at radius 2 is 2.22 bits per heavy atom. The van der Waals surface area contributed by atoms with Gasteiger partial charge < -0.3 is 9.84 Å². The van der Waals surface area contributed by atoms with Gasteiger partial charge in [-0.3, -0.25) is 9.69 Å². The number of amides is 1. The SMILES string of the molecule is CC(=O)NC1CCCN(Cc2nc(Cc3ccccc3)no2)C1. The third-order valence-electron chi connectivity index (χ3n) is 3.99. The van der Waals surface area contributed by atoms with Gasteiger partial charge in [0, 0.05) is 25.9 Å². The van der Waals surface area contributed by atoms with Crippen LogP contribution in [-0.4, -0.2) is 40.1 Å². The molecule has 1 saturated heterocycles. The summed E-state index contributed by atoms with van der Waals surface area (Å²) >= 11 is 0. The van der Waals surface area contributed by atoms with Crippen molar-refractivity contribution in [2.24, 2.45) is 0 Å². The van der Waals surface area contributed by atoms with E-state index >= 15 is 0 Å². The number of rotatable bonds is 5. The van der Waals surface area contributed by atoms with Crippen LogP contribution in [-0.2, 0) is 17.8 Å². The van der Waals surface area contributed by atoms with Crippen LogP contribution in [0.15, 0.2) is 34.9 Å². The molecule has 0 spiro atoms. The van der Waals surface area contributed by atoms with Gasteiger partial charge in [0.05, 0.1) is 6.54 Å². The Morgan fingerprint density at radius 3 is 3.00 bits per heavy atom. The smallest absolute Gasteiger partial charge is 0.240 e. The predicted octanol–water partition coefficient (Wildman–Crippen LogP) is 1.76. The molecule has 23 heavy (non-hydrogen) atoms. The first-order valence-corrected chi connectivity index (χ1v) is 8.04. The van der Waals surface area contributed by atoms with Crippen LogP contribution in [0.5, 0.6) is 0 Å². The minimum absolute atomic E-state index is 0.0276. The number of piperidine rings is 1. The summed E-state index contributed by atoms with van der Waals surface area (Å²) in [4.78, 5) is 17.9. The van der Waals surface area contributed by atoms with Crippen LogP contribution in [0.2, 0.25) is 0 Å². The lowest BCUT2D eigenvalue weighted by Gasteiger charge is -2.31. The second-order valence-electron chi connectivity index (χ2n) is 6.04. The highest BCUT2D eigenvalue weighted by molar-refractivity contribution is 5.73. The van der Waals surface area contributed by atoms with Crippen LogP contribution < -0.4 is 5.32 Å². The molecule has 1 aromatic carbocycles. The summed E-state index contributed by atoms with van der Waals surface area (Å²) in [5.74, 6) is 1.38. The van der Waals surface area contributed by atoms with E-state index < -0.39 is 0 Å². The highest BCUT2D eigenvalue weighted by Gasteiger charge is 2.22. The zero-order chi connectivity index (χ0) is 16.1. The van der Waals surface area contributed by atoms with Crippen LogP contribution in [0.3, 0.4) is 0 Å². The third-order valence-corrected chi connectivity index (χ3v) is 3.99. The van der Waals surface area contributed by atoms with E-state index in [0.717, 1.165) is 25.9 Å². The molecule has 1 unspecified atom stereocenters. The van der Waals surface area contributed by atoms with E-state index in [0.29, 0.717) is 24.7 Å². The number of benzene rings is 1. The third kappa shape index (κ3) is 4.63. The lowest BCUT2D eigenvalue weighted by Crippen LogP contribution is -2.46. The second-order valence-corrected chi connectivity index (χ2v) is 6.04. The van der Waals surface area contributed by atoms with Crippen molar-refractivity contribution in [3.63, 3.8) is 0 Å². The first-order valence-electron chi connectivity index (χ1n) is 8.04. The first kappa shape index (κ1) is 15.7. The topological polar surface area (TPSA) is 71.3 Å². The summed E-state index contributed by atoms with van der Waals surface area (Å²) < 4.78 is 5.37. The summed E-state index contributed by atoms with van der Waals surface area (Å²) in [6.07, 6.45) is 2.77. The number of aromatic nitrogens is 2. The minimum atomic E-state index is 0.0276. The molecule has 122 valence electrons. The number of hydrogen-bond acceptors (Lipinski definition) is 5. The molecule has 6 nitrogen and oxygen atoms in total. The zero-order valence-electron chi connectivity index (χ0n) is 13.4. The molecule has 3 rings (SSSR count). The Bertz CT molecular complexity index is 641. The molecule has 1 N–H and O–H groups in total. The molecule has 0 saturated carbocycles. The Kier molecular flexibility index (Phi) is 5.02. The molecule has 1 aliphatic heterocycles. The highest BCUT2D eigenvalue weighted by Crippen LogP contribution is 2.14. The highest BCUT2D eigenvalue weighted by atomic mass is 16.5. The van der Waals surface area contributed by atoms with Gasteiger partial charge in [0.2, 0.25) is 11.8 Å². The molecule has 1 amide bonds. The number of likely N-dealkylation sites (tertiary alicyclic amines) is 1. The Hall–Kier alpha value is -2.21. The van der Waals surface area contributed by atoms with Gasteiger partial charge in [-0.25, -0.2) is 0 Å². The molecule has 0 aliphatic carbocycles. The fourth-order valence-electron chi connectivity index (χ4n) is 3.00. The van der Waals surface area contributed by atoms with Crippen LogP contribution in [0.25, 0.3) is 0 Å². The number of carbonyl (C=O) groups is 1. The van der Waals surface area contributed by atoms with Gasteiger partial charge in [-0.2, -0.15) is 4.98 Å². The van der Waals surface area contributed by atoms with E-state index in [1.54, 1.807) is 6.92 Å². The van der Waals surface area contributed by atoms with Crippen molar-refractivity contribution in [3.8, 4) is 0 Å². The quantitative estimate of drug-likeness (QED) is 0.910. The van der Waals surface area contributed by atoms with E-state index in [2.05, 4.69) is 32.5 Å². The van der Waals surface area contributed by atoms with Crippen LogP contribution in [0.1, 0.15) is 37.0 Å². The minimum Gasteiger partial charge on any atom is -0.352 e. The van der Waals surface area contributed by atoms with Gasteiger partial charge in [-0.15, -0.1) is 0 Å². The van der Waals surface area contributed by atoms with Gasteiger partial charge in [0.15, 0.2) is 5.82 Å². The maximum atomic E-state index is 11.2. The van der Waals surface area contributed by atoms with Gasteiger partial charge >= 0.3 is 0 Å². The fourth-order valence-corrected chi connectivity index (χ4v) is 3.00. The summed E-state index contributed by atoms with van der Waals surface area (Å²) in [6.45, 7) is 4.02. The molecule has 0 radical (unpaired) electrons. The average Bonchev–Trinajstić information content (AvgIpc) is 2.95. The summed E-state index contributed by atoms with van der Waals surface area (Å²) in [5.41, 5.74) is 1.17. The summed E-state index contributed by atoms with van der Waals surface area (Å²) in [6, 6.07) is 10.3. The van der Waals surface area contributed by atoms with E-state index in [9.17, 15) is 4.79 Å². The van der Waals surface area contributed by atoms with Gasteiger partial charge in [-0.05, 0) is 24.9 Å². The van der Waals surface area contributed by atoms with Crippen molar-refractivity contribution >= 4 is 5.91 Å². The van der Waals surface area contributed by atoms with E-state index in [1.807, 2.05) is 18.2 Å². The molecular formula is C17H22N4O2. The predicted molar refractivity (Wildman–Crippen MR) is 85.7 cm³/mol. The largest absolute Gasteiger partial charge is 0.352 e. The number of nitrogens with one attached hydrogen (secondary N) is 1. The molecule has 2 aromatic rings. The average molecular weight is 314 g/mol. The lowest BCUT2D eigenvalue weighted by molar-refractivity contribution is -0.120.